The molecule has 1 aromatic carbocycles. The average molecular weight is 283 g/mol. The Hall–Kier alpha value is -1.91. The number of hydrogen-bond donors (Lipinski definition) is 1. The smallest absolute Gasteiger partial charge is 0.418 e. The molecule has 1 aromatic heterocycles. The average Bonchev–Trinajstić information content (AvgIpc) is 2.68. The lowest BCUT2D eigenvalue weighted by atomic mass is 10.1. The van der Waals surface area contributed by atoms with E-state index in [0.29, 0.717) is 5.76 Å². The van der Waals surface area contributed by atoms with Crippen molar-refractivity contribution < 1.29 is 17.6 Å². The Bertz CT molecular complexity index is 601. The molecule has 1 N–H and O–H groups in total. The predicted molar refractivity (Wildman–Crippen MR) is 71.7 cm³/mol. The first-order chi connectivity index (χ1) is 9.29. The molecule has 20 heavy (non-hydrogen) atoms. The molecule has 0 spiro atoms. The molecule has 1 atom stereocenters. The zero-order valence-corrected chi connectivity index (χ0v) is 11.5. The number of para-hydroxylation sites is 1. The van der Waals surface area contributed by atoms with E-state index >= 15 is 0 Å². The van der Waals surface area contributed by atoms with Gasteiger partial charge in [-0.15, -0.1) is 0 Å². The largest absolute Gasteiger partial charge is 0.466 e. The maximum Gasteiger partial charge on any atom is 0.418 e. The molecular formula is C15H16F3NO. The van der Waals surface area contributed by atoms with Crippen molar-refractivity contribution in [3.63, 3.8) is 0 Å². The van der Waals surface area contributed by atoms with Gasteiger partial charge in [0.1, 0.15) is 11.5 Å². The molecule has 0 amide bonds. The van der Waals surface area contributed by atoms with E-state index < -0.39 is 11.7 Å². The van der Waals surface area contributed by atoms with Gasteiger partial charge in [-0.1, -0.05) is 12.1 Å². The van der Waals surface area contributed by atoms with Crippen LogP contribution in [0.15, 0.2) is 34.7 Å². The second-order valence-electron chi connectivity index (χ2n) is 4.78. The molecule has 2 rings (SSSR count). The zero-order valence-electron chi connectivity index (χ0n) is 11.5. The highest BCUT2D eigenvalue weighted by Crippen LogP contribution is 2.36. The first-order valence-electron chi connectivity index (χ1n) is 6.28. The number of aryl methyl sites for hydroxylation is 2. The SMILES string of the molecule is Cc1cc(C(C)Nc2ccccc2C(F)(F)F)c(C)o1. The van der Waals surface area contributed by atoms with Gasteiger partial charge in [0.25, 0.3) is 0 Å². The fourth-order valence-corrected chi connectivity index (χ4v) is 2.25. The number of benzene rings is 1. The molecular weight excluding hydrogens is 267 g/mol. The Morgan fingerprint density at radius 1 is 1.15 bits per heavy atom. The molecule has 0 radical (unpaired) electrons. The van der Waals surface area contributed by atoms with Crippen LogP contribution in [0.25, 0.3) is 0 Å². The Morgan fingerprint density at radius 3 is 2.35 bits per heavy atom. The fraction of sp³-hybridized carbons (Fsp3) is 0.333. The molecule has 5 heteroatoms. The quantitative estimate of drug-likeness (QED) is 0.849. The van der Waals surface area contributed by atoms with Crippen molar-refractivity contribution in [1.29, 1.82) is 0 Å². The molecule has 2 nitrogen and oxygen atoms in total. The lowest BCUT2D eigenvalue weighted by Gasteiger charge is -2.19. The van der Waals surface area contributed by atoms with Gasteiger partial charge in [-0.2, -0.15) is 13.2 Å². The summed E-state index contributed by atoms with van der Waals surface area (Å²) in [4.78, 5) is 0. The van der Waals surface area contributed by atoms with Gasteiger partial charge in [-0.25, -0.2) is 0 Å². The van der Waals surface area contributed by atoms with E-state index in [-0.39, 0.29) is 11.7 Å². The van der Waals surface area contributed by atoms with Gasteiger partial charge in [-0.05, 0) is 39.0 Å². The highest BCUT2D eigenvalue weighted by molar-refractivity contribution is 5.54. The van der Waals surface area contributed by atoms with Crippen molar-refractivity contribution in [1.82, 2.24) is 0 Å². The van der Waals surface area contributed by atoms with Crippen LogP contribution in [0.2, 0.25) is 0 Å². The Balaban J connectivity index is 2.29. The summed E-state index contributed by atoms with van der Waals surface area (Å²) in [5.74, 6) is 1.46. The fourth-order valence-electron chi connectivity index (χ4n) is 2.25. The first-order valence-corrected chi connectivity index (χ1v) is 6.28. The number of nitrogens with one attached hydrogen (secondary N) is 1. The number of halogens is 3. The summed E-state index contributed by atoms with van der Waals surface area (Å²) >= 11 is 0. The van der Waals surface area contributed by atoms with Gasteiger partial charge in [-0.3, -0.25) is 0 Å². The molecule has 0 fully saturated rings. The minimum atomic E-state index is -4.37. The van der Waals surface area contributed by atoms with Gasteiger partial charge in [0.05, 0.1) is 11.6 Å². The van der Waals surface area contributed by atoms with Gasteiger partial charge < -0.3 is 9.73 Å². The summed E-state index contributed by atoms with van der Waals surface area (Å²) < 4.78 is 44.2. The summed E-state index contributed by atoms with van der Waals surface area (Å²) in [6, 6.07) is 7.03. The van der Waals surface area contributed by atoms with Crippen molar-refractivity contribution >= 4 is 5.69 Å². The molecule has 1 unspecified atom stereocenters. The standard InChI is InChI=1S/C15H16F3NO/c1-9-8-12(11(3)20-9)10(2)19-14-7-5-4-6-13(14)15(16,17)18/h4-8,10,19H,1-3H3. The van der Waals surface area contributed by atoms with Crippen LogP contribution < -0.4 is 5.32 Å². The lowest BCUT2D eigenvalue weighted by Crippen LogP contribution is -2.13. The van der Waals surface area contributed by atoms with Gasteiger partial charge >= 0.3 is 6.18 Å². The van der Waals surface area contributed by atoms with Crippen LogP contribution >= 0.6 is 0 Å². The molecule has 0 saturated carbocycles. The maximum atomic E-state index is 12.9. The molecule has 0 aliphatic rings. The van der Waals surface area contributed by atoms with Crippen molar-refractivity contribution in [3.8, 4) is 0 Å². The molecule has 0 saturated heterocycles. The van der Waals surface area contributed by atoms with Crippen LogP contribution in [0.1, 0.15) is 35.6 Å². The van der Waals surface area contributed by atoms with Crippen molar-refractivity contribution in [3.05, 3.63) is 53.0 Å². The summed E-state index contributed by atoms with van der Waals surface area (Å²) in [6.45, 7) is 5.42. The highest BCUT2D eigenvalue weighted by Gasteiger charge is 2.33. The second-order valence-corrected chi connectivity index (χ2v) is 4.78. The van der Waals surface area contributed by atoms with Crippen LogP contribution in [0.5, 0.6) is 0 Å². The highest BCUT2D eigenvalue weighted by atomic mass is 19.4. The lowest BCUT2D eigenvalue weighted by molar-refractivity contribution is -0.137. The third-order valence-corrected chi connectivity index (χ3v) is 3.15. The Morgan fingerprint density at radius 2 is 1.80 bits per heavy atom. The summed E-state index contributed by atoms with van der Waals surface area (Å²) in [5, 5.41) is 2.91. The summed E-state index contributed by atoms with van der Waals surface area (Å²) in [7, 11) is 0. The predicted octanol–water partition coefficient (Wildman–Crippen LogP) is 5.09. The number of anilines is 1. The van der Waals surface area contributed by atoms with E-state index in [4.69, 9.17) is 4.42 Å². The van der Waals surface area contributed by atoms with Crippen LogP contribution in [0, 0.1) is 13.8 Å². The van der Waals surface area contributed by atoms with Gasteiger partial charge in [0.15, 0.2) is 0 Å². The summed E-state index contributed by atoms with van der Waals surface area (Å²) in [5.41, 5.74) is 0.273. The molecule has 0 bridgehead atoms. The van der Waals surface area contributed by atoms with E-state index in [1.54, 1.807) is 13.0 Å². The number of furan rings is 1. The van der Waals surface area contributed by atoms with E-state index in [0.717, 1.165) is 17.4 Å². The van der Waals surface area contributed by atoms with E-state index in [1.807, 2.05) is 19.9 Å². The third kappa shape index (κ3) is 2.98. The number of hydrogen-bond acceptors (Lipinski definition) is 2. The second kappa shape index (κ2) is 5.23. The van der Waals surface area contributed by atoms with E-state index in [9.17, 15) is 13.2 Å². The van der Waals surface area contributed by atoms with Crippen LogP contribution in [-0.2, 0) is 6.18 Å². The first kappa shape index (κ1) is 14.5. The molecule has 0 aliphatic heterocycles. The Kier molecular flexibility index (Phi) is 3.79. The monoisotopic (exact) mass is 283 g/mol. The molecule has 2 aromatic rings. The number of alkyl halides is 3. The summed E-state index contributed by atoms with van der Waals surface area (Å²) in [6.07, 6.45) is -4.37. The Labute approximate surface area is 115 Å². The molecule has 0 aliphatic carbocycles. The van der Waals surface area contributed by atoms with Crippen molar-refractivity contribution in [2.45, 2.75) is 33.0 Å². The van der Waals surface area contributed by atoms with Crippen LogP contribution in [0.4, 0.5) is 18.9 Å². The van der Waals surface area contributed by atoms with Gasteiger partial charge in [0.2, 0.25) is 0 Å². The van der Waals surface area contributed by atoms with E-state index in [1.165, 1.54) is 12.1 Å². The third-order valence-electron chi connectivity index (χ3n) is 3.15. The minimum absolute atomic E-state index is 0.0748. The zero-order chi connectivity index (χ0) is 14.9. The molecule has 1 heterocycles. The number of rotatable bonds is 3. The van der Waals surface area contributed by atoms with Crippen molar-refractivity contribution in [2.75, 3.05) is 5.32 Å². The van der Waals surface area contributed by atoms with Crippen LogP contribution in [0.3, 0.4) is 0 Å². The minimum Gasteiger partial charge on any atom is -0.466 e. The normalized spacial score (nSPS) is 13.3. The maximum absolute atomic E-state index is 12.9. The molecule has 108 valence electrons. The van der Waals surface area contributed by atoms with Crippen molar-refractivity contribution in [2.24, 2.45) is 0 Å². The van der Waals surface area contributed by atoms with Crippen LogP contribution in [-0.4, -0.2) is 0 Å². The van der Waals surface area contributed by atoms with E-state index in [2.05, 4.69) is 5.32 Å². The topological polar surface area (TPSA) is 25.2 Å². The van der Waals surface area contributed by atoms with Gasteiger partial charge in [0, 0.05) is 11.3 Å².